The molecule has 22 heavy (non-hydrogen) atoms. The van der Waals surface area contributed by atoms with E-state index >= 15 is 0 Å². The Hall–Kier alpha value is -2.81. The quantitative estimate of drug-likeness (QED) is 0.682. The van der Waals surface area contributed by atoms with Crippen molar-refractivity contribution >= 4 is 21.4 Å². The molecule has 9 heteroatoms. The van der Waals surface area contributed by atoms with E-state index in [4.69, 9.17) is 9.47 Å². The van der Waals surface area contributed by atoms with Gasteiger partial charge in [-0.25, -0.2) is 8.42 Å². The largest absolute Gasteiger partial charge is 0.454 e. The van der Waals surface area contributed by atoms with Gasteiger partial charge >= 0.3 is 0 Å². The van der Waals surface area contributed by atoms with Gasteiger partial charge in [-0.1, -0.05) is 0 Å². The number of fused-ring (bicyclic) bond motifs is 1. The van der Waals surface area contributed by atoms with E-state index in [9.17, 15) is 18.5 Å². The second-order valence-corrected chi connectivity index (χ2v) is 6.11. The first kappa shape index (κ1) is 14.1. The van der Waals surface area contributed by atoms with Gasteiger partial charge in [-0.3, -0.25) is 14.8 Å². The molecule has 1 aliphatic rings. The Labute approximate surface area is 125 Å². The van der Waals surface area contributed by atoms with Crippen LogP contribution < -0.4 is 14.2 Å². The molecule has 114 valence electrons. The Bertz CT molecular complexity index is 832. The number of anilines is 1. The highest BCUT2D eigenvalue weighted by Gasteiger charge is 2.20. The number of rotatable bonds is 4. The molecule has 1 N–H and O–H groups in total. The zero-order valence-electron chi connectivity index (χ0n) is 11.1. The number of nitrogens with zero attached hydrogens (tertiary/aromatic N) is 1. The third-order valence-electron chi connectivity index (χ3n) is 2.98. The van der Waals surface area contributed by atoms with E-state index in [0.29, 0.717) is 11.5 Å². The third-order valence-corrected chi connectivity index (χ3v) is 4.36. The van der Waals surface area contributed by atoms with Crippen LogP contribution in [-0.4, -0.2) is 20.1 Å². The van der Waals surface area contributed by atoms with Crippen molar-refractivity contribution in [2.24, 2.45) is 0 Å². The molecule has 8 nitrogen and oxygen atoms in total. The lowest BCUT2D eigenvalue weighted by molar-refractivity contribution is -0.384. The maximum Gasteiger partial charge on any atom is 0.269 e. The number of nitro benzene ring substituents is 1. The fourth-order valence-electron chi connectivity index (χ4n) is 1.91. The van der Waals surface area contributed by atoms with Crippen LogP contribution in [0.2, 0.25) is 0 Å². The Morgan fingerprint density at radius 2 is 1.73 bits per heavy atom. The summed E-state index contributed by atoms with van der Waals surface area (Å²) >= 11 is 0. The van der Waals surface area contributed by atoms with Gasteiger partial charge in [0.2, 0.25) is 6.79 Å². The first-order chi connectivity index (χ1) is 10.5. The SMILES string of the molecule is O=[N+]([O-])c1ccc(NS(=O)(=O)c2ccc3c(c2)OCO3)cc1. The van der Waals surface area contributed by atoms with Gasteiger partial charge in [0.1, 0.15) is 0 Å². The van der Waals surface area contributed by atoms with Crippen molar-refractivity contribution in [1.82, 2.24) is 0 Å². The van der Waals surface area contributed by atoms with Crippen molar-refractivity contribution in [3.8, 4) is 11.5 Å². The average Bonchev–Trinajstić information content (AvgIpc) is 2.94. The van der Waals surface area contributed by atoms with Gasteiger partial charge in [-0.2, -0.15) is 0 Å². The van der Waals surface area contributed by atoms with Crippen LogP contribution in [0.5, 0.6) is 11.5 Å². The van der Waals surface area contributed by atoms with E-state index in [1.165, 1.54) is 42.5 Å². The van der Waals surface area contributed by atoms with Crippen LogP contribution in [0.15, 0.2) is 47.4 Å². The molecule has 0 unspecified atom stereocenters. The molecule has 0 saturated heterocycles. The van der Waals surface area contributed by atoms with Gasteiger partial charge in [0.15, 0.2) is 11.5 Å². The van der Waals surface area contributed by atoms with Gasteiger partial charge in [-0.15, -0.1) is 0 Å². The number of sulfonamides is 1. The van der Waals surface area contributed by atoms with Crippen LogP contribution in [-0.2, 0) is 10.0 Å². The predicted octanol–water partition coefficient (Wildman–Crippen LogP) is 2.12. The topological polar surface area (TPSA) is 108 Å². The van der Waals surface area contributed by atoms with Crippen molar-refractivity contribution in [2.75, 3.05) is 11.5 Å². The standard InChI is InChI=1S/C13H10N2O6S/c16-15(17)10-3-1-9(2-4-10)14-22(18,19)11-5-6-12-13(7-11)21-8-20-12/h1-7,14H,8H2. The minimum absolute atomic E-state index is 0.00935. The summed E-state index contributed by atoms with van der Waals surface area (Å²) < 4.78 is 37.2. The third kappa shape index (κ3) is 2.66. The first-order valence-electron chi connectivity index (χ1n) is 6.13. The minimum Gasteiger partial charge on any atom is -0.454 e. The van der Waals surface area contributed by atoms with E-state index in [1.54, 1.807) is 0 Å². The lowest BCUT2D eigenvalue weighted by atomic mass is 10.3. The molecule has 0 amide bonds. The second-order valence-electron chi connectivity index (χ2n) is 4.42. The van der Waals surface area contributed by atoms with Crippen LogP contribution in [0.1, 0.15) is 0 Å². The monoisotopic (exact) mass is 322 g/mol. The highest BCUT2D eigenvalue weighted by molar-refractivity contribution is 7.92. The van der Waals surface area contributed by atoms with Crippen LogP contribution >= 0.6 is 0 Å². The molecule has 1 heterocycles. The Kier molecular flexibility index (Phi) is 3.33. The normalized spacial score (nSPS) is 12.9. The molecular weight excluding hydrogens is 312 g/mol. The molecular formula is C13H10N2O6S. The number of benzene rings is 2. The Morgan fingerprint density at radius 1 is 1.05 bits per heavy atom. The molecule has 0 aromatic heterocycles. The molecule has 0 spiro atoms. The van der Waals surface area contributed by atoms with Crippen molar-refractivity contribution in [2.45, 2.75) is 4.90 Å². The summed E-state index contributed by atoms with van der Waals surface area (Å²) in [5.41, 5.74) is 0.106. The smallest absolute Gasteiger partial charge is 0.269 e. The zero-order valence-corrected chi connectivity index (χ0v) is 11.9. The van der Waals surface area contributed by atoms with Gasteiger partial charge < -0.3 is 9.47 Å². The number of non-ortho nitro benzene ring substituents is 1. The molecule has 2 aromatic rings. The first-order valence-corrected chi connectivity index (χ1v) is 7.61. The van der Waals surface area contributed by atoms with Crippen LogP contribution in [0, 0.1) is 10.1 Å². The van der Waals surface area contributed by atoms with E-state index in [-0.39, 0.29) is 23.1 Å². The van der Waals surface area contributed by atoms with Gasteiger partial charge in [0.05, 0.1) is 9.82 Å². The van der Waals surface area contributed by atoms with Crippen LogP contribution in [0.4, 0.5) is 11.4 Å². The van der Waals surface area contributed by atoms with E-state index in [1.807, 2.05) is 0 Å². The van der Waals surface area contributed by atoms with Crippen molar-refractivity contribution < 1.29 is 22.8 Å². The Morgan fingerprint density at radius 3 is 2.41 bits per heavy atom. The summed E-state index contributed by atoms with van der Waals surface area (Å²) in [6.07, 6.45) is 0. The van der Waals surface area contributed by atoms with Gasteiger partial charge in [-0.05, 0) is 24.3 Å². The minimum atomic E-state index is -3.82. The number of nitro groups is 1. The number of hydrogen-bond acceptors (Lipinski definition) is 6. The number of nitrogens with one attached hydrogen (secondary N) is 1. The van der Waals surface area contributed by atoms with E-state index < -0.39 is 14.9 Å². The van der Waals surface area contributed by atoms with Crippen LogP contribution in [0.25, 0.3) is 0 Å². The molecule has 1 aliphatic heterocycles. The molecule has 0 radical (unpaired) electrons. The summed E-state index contributed by atoms with van der Waals surface area (Å²) in [7, 11) is -3.82. The molecule has 3 rings (SSSR count). The molecule has 0 aliphatic carbocycles. The summed E-state index contributed by atoms with van der Waals surface area (Å²) in [4.78, 5) is 10.0. The summed E-state index contributed by atoms with van der Waals surface area (Å²) in [6.45, 7) is 0.0502. The highest BCUT2D eigenvalue weighted by atomic mass is 32.2. The summed E-state index contributed by atoms with van der Waals surface area (Å²) in [6, 6.07) is 9.34. The lowest BCUT2D eigenvalue weighted by Gasteiger charge is -2.08. The molecule has 0 atom stereocenters. The van der Waals surface area contributed by atoms with Crippen LogP contribution in [0.3, 0.4) is 0 Å². The fourth-order valence-corrected chi connectivity index (χ4v) is 2.98. The summed E-state index contributed by atoms with van der Waals surface area (Å²) in [5, 5.41) is 10.6. The molecule has 0 bridgehead atoms. The maximum absolute atomic E-state index is 12.3. The summed E-state index contributed by atoms with van der Waals surface area (Å²) in [5.74, 6) is 0.834. The van der Waals surface area contributed by atoms with Crippen molar-refractivity contribution in [3.63, 3.8) is 0 Å². The van der Waals surface area contributed by atoms with Crippen molar-refractivity contribution in [1.29, 1.82) is 0 Å². The second kappa shape index (κ2) is 5.19. The predicted molar refractivity (Wildman–Crippen MR) is 76.5 cm³/mol. The Balaban J connectivity index is 1.85. The highest BCUT2D eigenvalue weighted by Crippen LogP contribution is 2.34. The molecule has 0 fully saturated rings. The fraction of sp³-hybridized carbons (Fsp3) is 0.0769. The zero-order chi connectivity index (χ0) is 15.7. The van der Waals surface area contributed by atoms with E-state index in [0.717, 1.165) is 0 Å². The number of ether oxygens (including phenoxy) is 2. The average molecular weight is 322 g/mol. The lowest BCUT2D eigenvalue weighted by Crippen LogP contribution is -2.12. The van der Waals surface area contributed by atoms with E-state index in [2.05, 4.69) is 4.72 Å². The van der Waals surface area contributed by atoms with Crippen molar-refractivity contribution in [3.05, 3.63) is 52.6 Å². The molecule has 2 aromatic carbocycles. The van der Waals surface area contributed by atoms with Gasteiger partial charge in [0, 0.05) is 23.9 Å². The molecule has 0 saturated carbocycles. The number of hydrogen-bond donors (Lipinski definition) is 1. The maximum atomic E-state index is 12.3. The van der Waals surface area contributed by atoms with Gasteiger partial charge in [0.25, 0.3) is 15.7 Å².